The van der Waals surface area contributed by atoms with Gasteiger partial charge in [0.15, 0.2) is 0 Å². The summed E-state index contributed by atoms with van der Waals surface area (Å²) in [5.41, 5.74) is -1.78. The molecule has 1 saturated carbocycles. The van der Waals surface area contributed by atoms with Crippen molar-refractivity contribution in [1.82, 2.24) is 14.3 Å². The van der Waals surface area contributed by atoms with Crippen LogP contribution in [0.3, 0.4) is 0 Å². The first kappa shape index (κ1) is 14.4. The van der Waals surface area contributed by atoms with Crippen molar-refractivity contribution in [3.8, 4) is 5.69 Å². The number of carboxylic acids is 1. The van der Waals surface area contributed by atoms with Crippen LogP contribution in [0.15, 0.2) is 16.9 Å². The lowest BCUT2D eigenvalue weighted by atomic mass is 9.85. The maximum absolute atomic E-state index is 14.1. The second kappa shape index (κ2) is 5.04. The first-order valence-electron chi connectivity index (χ1n) is 6.78. The van der Waals surface area contributed by atoms with Crippen molar-refractivity contribution < 1.29 is 18.7 Å². The number of aromatic carboxylic acids is 1. The lowest BCUT2D eigenvalue weighted by Gasteiger charge is -2.23. The van der Waals surface area contributed by atoms with E-state index >= 15 is 0 Å². The molecule has 0 radical (unpaired) electrons. The Morgan fingerprint density at radius 3 is 2.55 bits per heavy atom. The summed E-state index contributed by atoms with van der Waals surface area (Å²) in [5, 5.41) is 12.9. The van der Waals surface area contributed by atoms with Crippen molar-refractivity contribution in [2.75, 3.05) is 0 Å². The standard InChI is InChI=1S/C14H13F2N3O3/c1-18-12(7-3-2-4-7)17-19(14(18)22)11-6-9(15)8(13(20)21)5-10(11)16/h5-7H,2-4H2,1H3,(H,20,21). The van der Waals surface area contributed by atoms with Gasteiger partial charge >= 0.3 is 11.7 Å². The van der Waals surface area contributed by atoms with Crippen molar-refractivity contribution in [2.45, 2.75) is 25.2 Å². The Balaban J connectivity index is 2.14. The molecule has 1 fully saturated rings. The molecule has 6 nitrogen and oxygen atoms in total. The van der Waals surface area contributed by atoms with Crippen molar-refractivity contribution in [2.24, 2.45) is 7.05 Å². The van der Waals surface area contributed by atoms with Gasteiger partial charge in [0.25, 0.3) is 0 Å². The number of carboxylic acid groups (broad SMARTS) is 1. The molecule has 116 valence electrons. The molecule has 22 heavy (non-hydrogen) atoms. The first-order valence-corrected chi connectivity index (χ1v) is 6.78. The number of nitrogens with zero attached hydrogens (tertiary/aromatic N) is 3. The average Bonchev–Trinajstić information content (AvgIpc) is 2.67. The van der Waals surface area contributed by atoms with Gasteiger partial charge in [0.05, 0.1) is 5.56 Å². The molecule has 0 amide bonds. The van der Waals surface area contributed by atoms with E-state index in [2.05, 4.69) is 5.10 Å². The van der Waals surface area contributed by atoms with Gasteiger partial charge in [-0.15, -0.1) is 5.10 Å². The quantitative estimate of drug-likeness (QED) is 0.938. The maximum atomic E-state index is 14.1. The molecule has 1 aromatic carbocycles. The summed E-state index contributed by atoms with van der Waals surface area (Å²) in [6.45, 7) is 0. The highest BCUT2D eigenvalue weighted by Crippen LogP contribution is 2.34. The van der Waals surface area contributed by atoms with E-state index in [0.29, 0.717) is 18.0 Å². The van der Waals surface area contributed by atoms with Gasteiger partial charge in [0, 0.05) is 19.0 Å². The van der Waals surface area contributed by atoms with Crippen molar-refractivity contribution >= 4 is 5.97 Å². The average molecular weight is 309 g/mol. The Hall–Kier alpha value is -2.51. The number of hydrogen-bond donors (Lipinski definition) is 1. The second-order valence-electron chi connectivity index (χ2n) is 5.33. The predicted molar refractivity (Wildman–Crippen MR) is 72.3 cm³/mol. The van der Waals surface area contributed by atoms with Crippen LogP contribution in [0.25, 0.3) is 5.69 Å². The summed E-state index contributed by atoms with van der Waals surface area (Å²) in [5.74, 6) is -3.04. The maximum Gasteiger partial charge on any atom is 0.350 e. The van der Waals surface area contributed by atoms with Crippen LogP contribution in [0.5, 0.6) is 0 Å². The highest BCUT2D eigenvalue weighted by atomic mass is 19.1. The minimum atomic E-state index is -1.58. The number of carbonyl (C=O) groups is 1. The van der Waals surface area contributed by atoms with Crippen LogP contribution in [-0.4, -0.2) is 25.4 Å². The number of halogens is 2. The van der Waals surface area contributed by atoms with Crippen LogP contribution < -0.4 is 5.69 Å². The highest BCUT2D eigenvalue weighted by Gasteiger charge is 2.27. The van der Waals surface area contributed by atoms with Crippen molar-refractivity contribution in [1.29, 1.82) is 0 Å². The molecule has 0 aliphatic heterocycles. The molecule has 1 heterocycles. The van der Waals surface area contributed by atoms with Gasteiger partial charge in [-0.2, -0.15) is 4.68 Å². The molecule has 1 aromatic heterocycles. The van der Waals surface area contributed by atoms with Gasteiger partial charge in [-0.25, -0.2) is 18.4 Å². The van der Waals surface area contributed by atoms with Crippen LogP contribution >= 0.6 is 0 Å². The summed E-state index contributed by atoms with van der Waals surface area (Å²) in [7, 11) is 1.53. The lowest BCUT2D eigenvalue weighted by molar-refractivity contribution is 0.0691. The van der Waals surface area contributed by atoms with E-state index in [4.69, 9.17) is 5.11 Å². The van der Waals surface area contributed by atoms with E-state index in [-0.39, 0.29) is 5.92 Å². The number of benzene rings is 1. The fraction of sp³-hybridized carbons (Fsp3) is 0.357. The first-order chi connectivity index (χ1) is 10.4. The van der Waals surface area contributed by atoms with Gasteiger partial charge in [-0.1, -0.05) is 6.42 Å². The van der Waals surface area contributed by atoms with E-state index < -0.39 is 34.5 Å². The third-order valence-corrected chi connectivity index (χ3v) is 3.98. The van der Waals surface area contributed by atoms with Gasteiger partial charge < -0.3 is 5.11 Å². The molecular weight excluding hydrogens is 296 g/mol. The normalized spacial score (nSPS) is 14.9. The third kappa shape index (κ3) is 2.11. The van der Waals surface area contributed by atoms with Crippen LogP contribution in [0.1, 0.15) is 41.4 Å². The zero-order valence-corrected chi connectivity index (χ0v) is 11.7. The smallest absolute Gasteiger partial charge is 0.350 e. The molecule has 2 aromatic rings. The molecule has 0 saturated heterocycles. The molecule has 0 atom stereocenters. The molecule has 8 heteroatoms. The Morgan fingerprint density at radius 1 is 1.32 bits per heavy atom. The Kier molecular flexibility index (Phi) is 3.31. The Bertz CT molecular complexity index is 821. The fourth-order valence-electron chi connectivity index (χ4n) is 2.49. The van der Waals surface area contributed by atoms with Crippen LogP contribution in [0.4, 0.5) is 8.78 Å². The van der Waals surface area contributed by atoms with E-state index in [9.17, 15) is 18.4 Å². The summed E-state index contributed by atoms with van der Waals surface area (Å²) in [6.07, 6.45) is 2.85. The van der Waals surface area contributed by atoms with Gasteiger partial charge in [-0.05, 0) is 18.9 Å². The minimum absolute atomic E-state index is 0.144. The van der Waals surface area contributed by atoms with E-state index in [0.717, 1.165) is 23.9 Å². The molecule has 0 spiro atoms. The molecule has 0 bridgehead atoms. The van der Waals surface area contributed by atoms with E-state index in [1.807, 2.05) is 0 Å². The molecule has 1 N–H and O–H groups in total. The van der Waals surface area contributed by atoms with Crippen LogP contribution in [-0.2, 0) is 7.05 Å². The van der Waals surface area contributed by atoms with E-state index in [1.165, 1.54) is 11.6 Å². The monoisotopic (exact) mass is 309 g/mol. The topological polar surface area (TPSA) is 77.1 Å². The molecule has 1 aliphatic rings. The minimum Gasteiger partial charge on any atom is -0.478 e. The van der Waals surface area contributed by atoms with Gasteiger partial charge in [0.2, 0.25) is 0 Å². The zero-order chi connectivity index (χ0) is 16.0. The third-order valence-electron chi connectivity index (χ3n) is 3.98. The lowest BCUT2D eigenvalue weighted by Crippen LogP contribution is -2.24. The number of aromatic nitrogens is 3. The largest absolute Gasteiger partial charge is 0.478 e. The molecule has 3 rings (SSSR count). The predicted octanol–water partition coefficient (Wildman–Crippen LogP) is 1.81. The molecule has 1 aliphatic carbocycles. The van der Waals surface area contributed by atoms with Crippen LogP contribution in [0.2, 0.25) is 0 Å². The van der Waals surface area contributed by atoms with Gasteiger partial charge in [0.1, 0.15) is 23.1 Å². The molecular formula is C14H13F2N3O3. The summed E-state index contributed by atoms with van der Waals surface area (Å²) >= 11 is 0. The highest BCUT2D eigenvalue weighted by molar-refractivity contribution is 5.88. The SMILES string of the molecule is Cn1c(C2CCC2)nn(-c2cc(F)c(C(=O)O)cc2F)c1=O. The van der Waals surface area contributed by atoms with Gasteiger partial charge in [-0.3, -0.25) is 4.57 Å². The van der Waals surface area contributed by atoms with Crippen molar-refractivity contribution in [3.05, 3.63) is 45.6 Å². The van der Waals surface area contributed by atoms with Crippen LogP contribution in [0, 0.1) is 11.6 Å². The zero-order valence-electron chi connectivity index (χ0n) is 11.7. The number of rotatable bonds is 3. The number of hydrogen-bond acceptors (Lipinski definition) is 3. The van der Waals surface area contributed by atoms with E-state index in [1.54, 1.807) is 0 Å². The Labute approximate surface area is 123 Å². The Morgan fingerprint density at radius 2 is 2.00 bits per heavy atom. The fourth-order valence-corrected chi connectivity index (χ4v) is 2.49. The molecule has 0 unspecified atom stereocenters. The summed E-state index contributed by atoms with van der Waals surface area (Å²) in [6, 6.07) is 1.23. The second-order valence-corrected chi connectivity index (χ2v) is 5.33. The van der Waals surface area contributed by atoms with Crippen molar-refractivity contribution in [3.63, 3.8) is 0 Å². The summed E-state index contributed by atoms with van der Waals surface area (Å²) in [4.78, 5) is 23.0. The summed E-state index contributed by atoms with van der Waals surface area (Å²) < 4.78 is 29.9.